The molecule has 1 N–H and O–H groups in total. The zero-order chi connectivity index (χ0) is 23.5. The van der Waals surface area contributed by atoms with Crippen LogP contribution in [0.5, 0.6) is 0 Å². The van der Waals surface area contributed by atoms with E-state index in [2.05, 4.69) is 12.2 Å². The van der Waals surface area contributed by atoms with Gasteiger partial charge in [-0.05, 0) is 29.2 Å². The van der Waals surface area contributed by atoms with E-state index in [0.29, 0.717) is 18.5 Å². The van der Waals surface area contributed by atoms with Crippen LogP contribution >= 0.6 is 0 Å². The molecule has 3 aromatic carbocycles. The van der Waals surface area contributed by atoms with Gasteiger partial charge in [-0.25, -0.2) is 4.39 Å². The maximum atomic E-state index is 14.3. The summed E-state index contributed by atoms with van der Waals surface area (Å²) in [5.74, 6) is -0.891. The summed E-state index contributed by atoms with van der Waals surface area (Å²) in [7, 11) is 0. The van der Waals surface area contributed by atoms with E-state index in [4.69, 9.17) is 0 Å². The average molecular weight is 447 g/mol. The molecule has 0 heterocycles. The quantitative estimate of drug-likeness (QED) is 0.425. The highest BCUT2D eigenvalue weighted by molar-refractivity contribution is 5.88. The molecule has 0 bridgehead atoms. The van der Waals surface area contributed by atoms with E-state index in [-0.39, 0.29) is 24.8 Å². The molecule has 2 amide bonds. The van der Waals surface area contributed by atoms with Crippen molar-refractivity contribution in [1.29, 1.82) is 0 Å². The normalized spacial score (nSPS) is 11.6. The van der Waals surface area contributed by atoms with Crippen molar-refractivity contribution in [3.8, 4) is 0 Å². The van der Waals surface area contributed by atoms with Crippen LogP contribution in [0.15, 0.2) is 84.9 Å². The van der Waals surface area contributed by atoms with Crippen LogP contribution in [0.2, 0.25) is 0 Å². The van der Waals surface area contributed by atoms with Gasteiger partial charge < -0.3 is 10.2 Å². The molecule has 0 aliphatic carbocycles. The maximum Gasteiger partial charge on any atom is 0.243 e. The molecular formula is C28H31FN2O2. The Kier molecular flexibility index (Phi) is 9.19. The average Bonchev–Trinajstić information content (AvgIpc) is 2.84. The number of nitrogens with one attached hydrogen (secondary N) is 1. The van der Waals surface area contributed by atoms with E-state index < -0.39 is 11.9 Å². The molecule has 5 heteroatoms. The zero-order valence-electron chi connectivity index (χ0n) is 19.0. The number of halogens is 1. The van der Waals surface area contributed by atoms with Gasteiger partial charge in [-0.3, -0.25) is 9.59 Å². The molecule has 0 aliphatic heterocycles. The molecular weight excluding hydrogens is 415 g/mol. The minimum Gasteiger partial charge on any atom is -0.354 e. The lowest BCUT2D eigenvalue weighted by molar-refractivity contribution is -0.140. The number of rotatable bonds is 11. The molecule has 4 nitrogen and oxygen atoms in total. The fourth-order valence-corrected chi connectivity index (χ4v) is 3.75. The van der Waals surface area contributed by atoms with Crippen molar-refractivity contribution in [2.75, 3.05) is 6.54 Å². The largest absolute Gasteiger partial charge is 0.354 e. The van der Waals surface area contributed by atoms with E-state index >= 15 is 0 Å². The Hall–Kier alpha value is -3.47. The molecule has 0 aliphatic rings. The zero-order valence-corrected chi connectivity index (χ0v) is 19.0. The van der Waals surface area contributed by atoms with Crippen LogP contribution in [0.3, 0.4) is 0 Å². The van der Waals surface area contributed by atoms with E-state index in [0.717, 1.165) is 24.0 Å². The highest BCUT2D eigenvalue weighted by atomic mass is 19.1. The first-order valence-electron chi connectivity index (χ1n) is 11.5. The molecule has 0 spiro atoms. The predicted octanol–water partition coefficient (Wildman–Crippen LogP) is 4.92. The lowest BCUT2D eigenvalue weighted by Gasteiger charge is -2.31. The van der Waals surface area contributed by atoms with E-state index in [1.54, 1.807) is 23.1 Å². The fraction of sp³-hybridized carbons (Fsp3) is 0.286. The third-order valence-corrected chi connectivity index (χ3v) is 5.60. The number of carbonyl (C=O) groups excluding carboxylic acids is 2. The molecule has 0 saturated carbocycles. The van der Waals surface area contributed by atoms with Gasteiger partial charge in [0.1, 0.15) is 11.9 Å². The first-order valence-corrected chi connectivity index (χ1v) is 11.5. The maximum absolute atomic E-state index is 14.3. The number of unbranched alkanes of at least 4 members (excludes halogenated alkanes) is 1. The number of benzene rings is 3. The number of hydrogen-bond acceptors (Lipinski definition) is 2. The van der Waals surface area contributed by atoms with Gasteiger partial charge in [0.05, 0.1) is 6.42 Å². The molecule has 0 aromatic heterocycles. The summed E-state index contributed by atoms with van der Waals surface area (Å²) < 4.78 is 14.3. The molecule has 3 aromatic rings. The summed E-state index contributed by atoms with van der Waals surface area (Å²) in [6.45, 7) is 2.89. The molecule has 0 unspecified atom stereocenters. The highest BCUT2D eigenvalue weighted by Crippen LogP contribution is 2.17. The number of nitrogens with zero attached hydrogens (tertiary/aromatic N) is 1. The van der Waals surface area contributed by atoms with Crippen LogP contribution in [0, 0.1) is 5.82 Å². The van der Waals surface area contributed by atoms with E-state index in [1.165, 1.54) is 6.07 Å². The summed E-state index contributed by atoms with van der Waals surface area (Å²) in [4.78, 5) is 28.4. The van der Waals surface area contributed by atoms with E-state index in [9.17, 15) is 14.0 Å². The van der Waals surface area contributed by atoms with Gasteiger partial charge in [0.25, 0.3) is 0 Å². The minimum atomic E-state index is -0.705. The van der Waals surface area contributed by atoms with Gasteiger partial charge in [0.2, 0.25) is 11.8 Å². The monoisotopic (exact) mass is 446 g/mol. The first kappa shape index (κ1) is 24.2. The topological polar surface area (TPSA) is 49.4 Å². The molecule has 3 rings (SSSR count). The van der Waals surface area contributed by atoms with Crippen LogP contribution in [-0.2, 0) is 29.0 Å². The van der Waals surface area contributed by atoms with Gasteiger partial charge in [-0.2, -0.15) is 0 Å². The third kappa shape index (κ3) is 7.28. The molecule has 1 atom stereocenters. The van der Waals surface area contributed by atoms with Crippen LogP contribution in [0.4, 0.5) is 4.39 Å². The van der Waals surface area contributed by atoms with Crippen LogP contribution < -0.4 is 5.32 Å². The Morgan fingerprint density at radius 2 is 1.48 bits per heavy atom. The lowest BCUT2D eigenvalue weighted by Crippen LogP contribution is -2.51. The van der Waals surface area contributed by atoms with Crippen molar-refractivity contribution in [1.82, 2.24) is 10.2 Å². The molecule has 0 saturated heterocycles. The number of amides is 2. The molecule has 0 radical (unpaired) electrons. The van der Waals surface area contributed by atoms with E-state index in [1.807, 2.05) is 60.7 Å². The Bertz CT molecular complexity index is 1020. The van der Waals surface area contributed by atoms with Gasteiger partial charge in [-0.15, -0.1) is 0 Å². The van der Waals surface area contributed by atoms with Crippen LogP contribution in [0.1, 0.15) is 36.5 Å². The number of hydrogen-bond donors (Lipinski definition) is 1. The Morgan fingerprint density at radius 1 is 0.879 bits per heavy atom. The molecule has 172 valence electrons. The summed E-state index contributed by atoms with van der Waals surface area (Å²) in [5.41, 5.74) is 2.20. The second kappa shape index (κ2) is 12.5. The molecule has 0 fully saturated rings. The van der Waals surface area contributed by atoms with Crippen LogP contribution in [0.25, 0.3) is 0 Å². The highest BCUT2D eigenvalue weighted by Gasteiger charge is 2.30. The van der Waals surface area contributed by atoms with Gasteiger partial charge in [-0.1, -0.05) is 92.2 Å². The van der Waals surface area contributed by atoms with Gasteiger partial charge in [0.15, 0.2) is 0 Å². The smallest absolute Gasteiger partial charge is 0.243 e. The Balaban J connectivity index is 1.92. The van der Waals surface area contributed by atoms with Crippen LogP contribution in [-0.4, -0.2) is 29.3 Å². The Labute approximate surface area is 195 Å². The third-order valence-electron chi connectivity index (χ3n) is 5.60. The summed E-state index contributed by atoms with van der Waals surface area (Å²) in [6, 6.07) is 24.8. The number of carbonyl (C=O) groups is 2. The second-order valence-electron chi connectivity index (χ2n) is 8.13. The summed E-state index contributed by atoms with van der Waals surface area (Å²) >= 11 is 0. The summed E-state index contributed by atoms with van der Waals surface area (Å²) in [5, 5.41) is 2.99. The predicted molar refractivity (Wildman–Crippen MR) is 129 cm³/mol. The van der Waals surface area contributed by atoms with Crippen molar-refractivity contribution in [2.45, 2.75) is 45.2 Å². The van der Waals surface area contributed by atoms with Crippen molar-refractivity contribution < 1.29 is 14.0 Å². The van der Waals surface area contributed by atoms with Gasteiger partial charge in [0, 0.05) is 19.5 Å². The van der Waals surface area contributed by atoms with Gasteiger partial charge >= 0.3 is 0 Å². The SMILES string of the molecule is CCCCNC(=O)[C@@H](Cc1ccccc1)N(Cc1ccccc1)C(=O)Cc1ccccc1F. The Morgan fingerprint density at radius 3 is 2.12 bits per heavy atom. The second-order valence-corrected chi connectivity index (χ2v) is 8.13. The first-order chi connectivity index (χ1) is 16.1. The van der Waals surface area contributed by atoms with Crippen molar-refractivity contribution in [2.24, 2.45) is 0 Å². The van der Waals surface area contributed by atoms with Crippen molar-refractivity contribution in [3.05, 3.63) is 107 Å². The van der Waals surface area contributed by atoms with Crippen molar-refractivity contribution in [3.63, 3.8) is 0 Å². The standard InChI is InChI=1S/C28H31FN2O2/c1-2-3-18-30-28(33)26(19-22-12-6-4-7-13-22)31(21-23-14-8-5-9-15-23)27(32)20-24-16-10-11-17-25(24)29/h4-17,26H,2-3,18-21H2,1H3,(H,30,33)/t26-/m1/s1. The molecule has 33 heavy (non-hydrogen) atoms. The summed E-state index contributed by atoms with van der Waals surface area (Å²) in [6.07, 6.45) is 2.11. The van der Waals surface area contributed by atoms with Crippen molar-refractivity contribution >= 4 is 11.8 Å². The fourth-order valence-electron chi connectivity index (χ4n) is 3.75. The minimum absolute atomic E-state index is 0.104. The lowest BCUT2D eigenvalue weighted by atomic mass is 10.0.